The van der Waals surface area contributed by atoms with Gasteiger partial charge in [0.2, 0.25) is 5.91 Å². The molecule has 3 unspecified atom stereocenters. The number of amides is 2. The van der Waals surface area contributed by atoms with Gasteiger partial charge >= 0.3 is 6.61 Å². The van der Waals surface area contributed by atoms with E-state index in [9.17, 15) is 31.6 Å². The Labute approximate surface area is 219 Å². The first-order valence-corrected chi connectivity index (χ1v) is 13.5. The highest BCUT2D eigenvalue weighted by molar-refractivity contribution is 7.89. The molecule has 3 heterocycles. The second-order valence-corrected chi connectivity index (χ2v) is 11.4. The first-order valence-electron chi connectivity index (χ1n) is 12.1. The van der Waals surface area contributed by atoms with Crippen molar-refractivity contribution in [3.8, 4) is 5.75 Å². The summed E-state index contributed by atoms with van der Waals surface area (Å²) in [6.45, 7) is 0.528. The molecule has 3 atom stereocenters. The molecule has 2 aromatic rings. The predicted octanol–water partition coefficient (Wildman–Crippen LogP) is 2.07. The molecule has 13 heteroatoms. The summed E-state index contributed by atoms with van der Waals surface area (Å²) in [7, 11) is -4.04. The zero-order valence-electron chi connectivity index (χ0n) is 20.8. The molecule has 0 bridgehead atoms. The van der Waals surface area contributed by atoms with E-state index in [4.69, 9.17) is 0 Å². The summed E-state index contributed by atoms with van der Waals surface area (Å²) in [6, 6.07) is 6.86. The summed E-state index contributed by atoms with van der Waals surface area (Å²) >= 11 is 0. The van der Waals surface area contributed by atoms with Crippen LogP contribution in [0.2, 0.25) is 0 Å². The number of nitrogens with zero attached hydrogens (tertiary/aromatic N) is 3. The minimum Gasteiger partial charge on any atom is -0.435 e. The number of sulfonamides is 1. The number of carbonyl (C=O) groups is 3. The topological polar surface area (TPSA) is 126 Å². The second-order valence-electron chi connectivity index (χ2n) is 9.58. The maximum Gasteiger partial charge on any atom is 0.387 e. The number of hydrogen-bond donors (Lipinski definition) is 1. The molecule has 2 aliphatic rings. The van der Waals surface area contributed by atoms with Crippen molar-refractivity contribution < 1.29 is 36.3 Å². The van der Waals surface area contributed by atoms with Gasteiger partial charge in [0.1, 0.15) is 17.8 Å². The molecule has 2 aliphatic heterocycles. The third kappa shape index (κ3) is 5.68. The Morgan fingerprint density at radius 1 is 1.16 bits per heavy atom. The summed E-state index contributed by atoms with van der Waals surface area (Å²) in [6.07, 6.45) is 1.89. The molecule has 2 saturated heterocycles. The number of rotatable bonds is 9. The lowest BCUT2D eigenvalue weighted by molar-refractivity contribution is -0.138. The fourth-order valence-electron chi connectivity index (χ4n) is 4.88. The van der Waals surface area contributed by atoms with E-state index in [2.05, 4.69) is 15.0 Å². The quantitative estimate of drug-likeness (QED) is 0.507. The lowest BCUT2D eigenvalue weighted by Gasteiger charge is -2.29. The SMILES string of the molecule is CC(C)CC(NC(=O)c1ccc(OC(F)F)cc1)C(=O)N1CCC2C1C(=O)CN2S(=O)(=O)c1ccccn1. The largest absolute Gasteiger partial charge is 0.435 e. The number of ketones is 1. The highest BCUT2D eigenvalue weighted by Gasteiger charge is 2.54. The van der Waals surface area contributed by atoms with E-state index in [1.54, 1.807) is 6.07 Å². The molecular formula is C25H28F2N4O6S. The number of hydrogen-bond acceptors (Lipinski definition) is 7. The average molecular weight is 551 g/mol. The number of Topliss-reactive ketones (excluding diaryl/α,β-unsaturated/α-hetero) is 1. The van der Waals surface area contributed by atoms with Crippen molar-refractivity contribution in [1.82, 2.24) is 19.5 Å². The average Bonchev–Trinajstić information content (AvgIpc) is 3.45. The van der Waals surface area contributed by atoms with Gasteiger partial charge in [0, 0.05) is 18.3 Å². The van der Waals surface area contributed by atoms with Crippen LogP contribution in [0.1, 0.15) is 37.0 Å². The smallest absolute Gasteiger partial charge is 0.387 e. The van der Waals surface area contributed by atoms with Crippen LogP contribution >= 0.6 is 0 Å². The lowest BCUT2D eigenvalue weighted by atomic mass is 10.0. The van der Waals surface area contributed by atoms with E-state index < -0.39 is 52.4 Å². The van der Waals surface area contributed by atoms with Crippen molar-refractivity contribution in [3.63, 3.8) is 0 Å². The molecule has 0 spiro atoms. The first kappa shape index (κ1) is 27.6. The maximum atomic E-state index is 13.6. The minimum absolute atomic E-state index is 0.00442. The van der Waals surface area contributed by atoms with Gasteiger partial charge in [0.25, 0.3) is 15.9 Å². The Bertz CT molecular complexity index is 1290. The molecule has 10 nitrogen and oxygen atoms in total. The van der Waals surface area contributed by atoms with Crippen molar-refractivity contribution >= 4 is 27.6 Å². The Kier molecular flexibility index (Phi) is 8.07. The zero-order valence-corrected chi connectivity index (χ0v) is 21.6. The van der Waals surface area contributed by atoms with Gasteiger partial charge in [-0.15, -0.1) is 0 Å². The van der Waals surface area contributed by atoms with Crippen molar-refractivity contribution in [2.24, 2.45) is 5.92 Å². The van der Waals surface area contributed by atoms with E-state index >= 15 is 0 Å². The number of likely N-dealkylation sites (tertiary alicyclic amines) is 1. The number of fused-ring (bicyclic) bond motifs is 1. The van der Waals surface area contributed by atoms with Crippen molar-refractivity contribution in [3.05, 3.63) is 54.2 Å². The summed E-state index contributed by atoms with van der Waals surface area (Å²) in [5.74, 6) is -1.59. The molecule has 4 rings (SSSR count). The van der Waals surface area contributed by atoms with Crippen molar-refractivity contribution in [1.29, 1.82) is 0 Å². The number of pyridine rings is 1. The molecule has 0 saturated carbocycles. The third-order valence-corrected chi connectivity index (χ3v) is 8.31. The monoisotopic (exact) mass is 550 g/mol. The molecule has 38 heavy (non-hydrogen) atoms. The van der Waals surface area contributed by atoms with E-state index in [0.29, 0.717) is 0 Å². The molecule has 0 radical (unpaired) electrons. The maximum absolute atomic E-state index is 13.6. The standard InChI is InChI=1S/C25H28F2N4O6S/c1-15(2)13-18(29-23(33)16-6-8-17(9-7-16)37-25(26)27)24(34)30-12-10-19-22(30)20(32)14-31(19)38(35,36)21-5-3-4-11-28-21/h3-9,11,15,18-19,22,25H,10,12-14H2,1-2H3,(H,29,33). The molecule has 2 fully saturated rings. The highest BCUT2D eigenvalue weighted by Crippen LogP contribution is 2.34. The Hall–Kier alpha value is -3.45. The molecule has 1 aromatic carbocycles. The minimum atomic E-state index is -4.04. The van der Waals surface area contributed by atoms with Crippen LogP contribution in [0.4, 0.5) is 8.78 Å². The number of halogens is 2. The van der Waals surface area contributed by atoms with Gasteiger partial charge in [-0.1, -0.05) is 19.9 Å². The van der Waals surface area contributed by atoms with E-state index in [0.717, 1.165) is 4.31 Å². The normalized spacial score (nSPS) is 20.6. The van der Waals surface area contributed by atoms with E-state index in [1.165, 1.54) is 47.5 Å². The molecule has 204 valence electrons. The van der Waals surface area contributed by atoms with Gasteiger partial charge in [-0.3, -0.25) is 14.4 Å². The van der Waals surface area contributed by atoms with Gasteiger partial charge in [0.05, 0.1) is 12.6 Å². The van der Waals surface area contributed by atoms with Gasteiger partial charge in [-0.05, 0) is 55.2 Å². The van der Waals surface area contributed by atoms with Crippen LogP contribution in [0, 0.1) is 5.92 Å². The van der Waals surface area contributed by atoms with E-state index in [1.807, 2.05) is 13.8 Å². The van der Waals surface area contributed by atoms with Crippen LogP contribution < -0.4 is 10.1 Å². The van der Waals surface area contributed by atoms with Gasteiger partial charge < -0.3 is 15.0 Å². The van der Waals surface area contributed by atoms with Crippen LogP contribution in [0.15, 0.2) is 53.7 Å². The van der Waals surface area contributed by atoms with Crippen molar-refractivity contribution in [2.75, 3.05) is 13.1 Å². The van der Waals surface area contributed by atoms with Gasteiger partial charge in [0.15, 0.2) is 10.8 Å². The van der Waals surface area contributed by atoms with Crippen LogP contribution in [0.5, 0.6) is 5.75 Å². The van der Waals surface area contributed by atoms with Crippen LogP contribution in [0.25, 0.3) is 0 Å². The predicted molar refractivity (Wildman–Crippen MR) is 131 cm³/mol. The number of alkyl halides is 2. The number of nitrogens with one attached hydrogen (secondary N) is 1. The summed E-state index contributed by atoms with van der Waals surface area (Å²) in [5, 5.41) is 2.52. The molecular weight excluding hydrogens is 522 g/mol. The molecule has 1 N–H and O–H groups in total. The number of carbonyl (C=O) groups excluding carboxylic acids is 3. The second kappa shape index (κ2) is 11.1. The fourth-order valence-corrected chi connectivity index (χ4v) is 6.44. The van der Waals surface area contributed by atoms with E-state index in [-0.39, 0.29) is 48.2 Å². The number of ether oxygens (including phenoxy) is 1. The fraction of sp³-hybridized carbons (Fsp3) is 0.440. The van der Waals surface area contributed by atoms with Crippen LogP contribution in [-0.2, 0) is 19.6 Å². The number of aromatic nitrogens is 1. The third-order valence-electron chi connectivity index (χ3n) is 6.52. The Morgan fingerprint density at radius 2 is 1.87 bits per heavy atom. The molecule has 2 amide bonds. The Morgan fingerprint density at radius 3 is 2.47 bits per heavy atom. The number of benzene rings is 1. The molecule has 0 aliphatic carbocycles. The van der Waals surface area contributed by atoms with Crippen LogP contribution in [-0.4, -0.2) is 78.0 Å². The summed E-state index contributed by atoms with van der Waals surface area (Å²) in [4.78, 5) is 44.8. The highest BCUT2D eigenvalue weighted by atomic mass is 32.2. The van der Waals surface area contributed by atoms with Crippen LogP contribution in [0.3, 0.4) is 0 Å². The summed E-state index contributed by atoms with van der Waals surface area (Å²) in [5.41, 5.74) is 0.136. The lowest BCUT2D eigenvalue weighted by Crippen LogP contribution is -2.53. The molecule has 1 aromatic heterocycles. The Balaban J connectivity index is 1.51. The van der Waals surface area contributed by atoms with Gasteiger partial charge in [-0.25, -0.2) is 13.4 Å². The van der Waals surface area contributed by atoms with Crippen molar-refractivity contribution in [2.45, 2.75) is 56.5 Å². The zero-order chi connectivity index (χ0) is 27.6. The summed E-state index contributed by atoms with van der Waals surface area (Å²) < 4.78 is 56.5. The first-order chi connectivity index (χ1) is 18.0. The van der Waals surface area contributed by atoms with Gasteiger partial charge in [-0.2, -0.15) is 13.1 Å².